The van der Waals surface area contributed by atoms with E-state index in [4.69, 9.17) is 9.47 Å². The molecule has 7 heteroatoms. The molecule has 0 aliphatic carbocycles. The standard InChI is InChI=1S/C27H26N2O5/c1-33-16-6-15-29-24(21-9-5-14-28-17-21)23(26(31)27(29)32)25(30)20-10-12-22(13-11-20)34-18-19-7-3-2-4-8-19/h2-5,7-14,17,24,30H,6,15-16,18H2,1H3. The molecule has 1 aromatic heterocycles. The summed E-state index contributed by atoms with van der Waals surface area (Å²) in [5, 5.41) is 11.1. The summed E-state index contributed by atoms with van der Waals surface area (Å²) in [6.07, 6.45) is 3.79. The normalized spacial score (nSPS) is 17.2. The van der Waals surface area contributed by atoms with Gasteiger partial charge in [-0.3, -0.25) is 14.6 Å². The van der Waals surface area contributed by atoms with Crippen LogP contribution in [0.15, 0.2) is 84.7 Å². The van der Waals surface area contributed by atoms with Crippen molar-refractivity contribution in [1.29, 1.82) is 0 Å². The summed E-state index contributed by atoms with van der Waals surface area (Å²) in [6, 6.07) is 19.4. The average molecular weight is 459 g/mol. The second kappa shape index (κ2) is 10.8. The second-order valence-corrected chi connectivity index (χ2v) is 7.92. The molecule has 7 nitrogen and oxygen atoms in total. The number of ketones is 1. The van der Waals surface area contributed by atoms with Crippen molar-refractivity contribution >= 4 is 17.4 Å². The first-order chi connectivity index (χ1) is 16.6. The van der Waals surface area contributed by atoms with Crippen LogP contribution in [-0.4, -0.2) is 46.9 Å². The van der Waals surface area contributed by atoms with Gasteiger partial charge in [-0.2, -0.15) is 0 Å². The fourth-order valence-electron chi connectivity index (χ4n) is 3.98. The van der Waals surface area contributed by atoms with Gasteiger partial charge in [0.1, 0.15) is 18.1 Å². The summed E-state index contributed by atoms with van der Waals surface area (Å²) >= 11 is 0. The molecule has 4 rings (SSSR count). The predicted molar refractivity (Wildman–Crippen MR) is 127 cm³/mol. The van der Waals surface area contributed by atoms with E-state index in [1.54, 1.807) is 55.9 Å². The van der Waals surface area contributed by atoms with Crippen LogP contribution in [-0.2, 0) is 20.9 Å². The summed E-state index contributed by atoms with van der Waals surface area (Å²) in [5.41, 5.74) is 2.17. The van der Waals surface area contributed by atoms with Crippen molar-refractivity contribution in [3.05, 3.63) is 101 Å². The molecule has 0 radical (unpaired) electrons. The van der Waals surface area contributed by atoms with Gasteiger partial charge in [-0.15, -0.1) is 0 Å². The minimum absolute atomic E-state index is 0.0494. The fourth-order valence-corrected chi connectivity index (χ4v) is 3.98. The Balaban J connectivity index is 1.62. The topological polar surface area (TPSA) is 89.0 Å². The smallest absolute Gasteiger partial charge is 0.295 e. The first kappa shape index (κ1) is 23.2. The van der Waals surface area contributed by atoms with Crippen LogP contribution in [0.4, 0.5) is 0 Å². The third kappa shape index (κ3) is 5.00. The Kier molecular flexibility index (Phi) is 7.34. The average Bonchev–Trinajstić information content (AvgIpc) is 3.14. The predicted octanol–water partition coefficient (Wildman–Crippen LogP) is 4.12. The second-order valence-electron chi connectivity index (χ2n) is 7.92. The van der Waals surface area contributed by atoms with Gasteiger partial charge in [0, 0.05) is 38.2 Å². The molecule has 1 amide bonds. The molecule has 174 valence electrons. The number of nitrogens with zero attached hydrogens (tertiary/aromatic N) is 2. The Morgan fingerprint density at radius 1 is 1.03 bits per heavy atom. The van der Waals surface area contributed by atoms with Gasteiger partial charge in [-0.05, 0) is 47.9 Å². The van der Waals surface area contributed by atoms with Crippen LogP contribution < -0.4 is 4.74 Å². The van der Waals surface area contributed by atoms with Crippen LogP contribution in [0.3, 0.4) is 0 Å². The van der Waals surface area contributed by atoms with Crippen molar-refractivity contribution in [2.24, 2.45) is 0 Å². The van der Waals surface area contributed by atoms with Crippen LogP contribution in [0.5, 0.6) is 5.75 Å². The van der Waals surface area contributed by atoms with E-state index in [0.717, 1.165) is 5.56 Å². The lowest BCUT2D eigenvalue weighted by molar-refractivity contribution is -0.140. The summed E-state index contributed by atoms with van der Waals surface area (Å²) in [7, 11) is 1.58. The molecule has 2 aromatic carbocycles. The number of ether oxygens (including phenoxy) is 2. The molecule has 1 N–H and O–H groups in total. The number of Topliss-reactive ketones (excluding diaryl/α,β-unsaturated/α-hetero) is 1. The molecule has 1 unspecified atom stereocenters. The number of benzene rings is 2. The largest absolute Gasteiger partial charge is 0.507 e. The van der Waals surface area contributed by atoms with Gasteiger partial charge in [-0.25, -0.2) is 0 Å². The maximum atomic E-state index is 13.0. The van der Waals surface area contributed by atoms with Crippen molar-refractivity contribution in [2.45, 2.75) is 19.1 Å². The van der Waals surface area contributed by atoms with E-state index in [1.807, 2.05) is 30.3 Å². The number of amides is 1. The van der Waals surface area contributed by atoms with Crippen LogP contribution in [0.1, 0.15) is 29.2 Å². The molecular formula is C27H26N2O5. The molecule has 1 saturated heterocycles. The molecule has 1 aliphatic heterocycles. The number of carbonyl (C=O) groups is 2. The molecule has 1 aliphatic rings. The first-order valence-corrected chi connectivity index (χ1v) is 11.0. The van der Waals surface area contributed by atoms with Crippen molar-refractivity contribution in [2.75, 3.05) is 20.3 Å². The molecule has 1 fully saturated rings. The van der Waals surface area contributed by atoms with Gasteiger partial charge in [-0.1, -0.05) is 36.4 Å². The van der Waals surface area contributed by atoms with Crippen molar-refractivity contribution in [3.63, 3.8) is 0 Å². The summed E-state index contributed by atoms with van der Waals surface area (Å²) in [4.78, 5) is 31.5. The molecule has 0 bridgehead atoms. The highest BCUT2D eigenvalue weighted by atomic mass is 16.5. The van der Waals surface area contributed by atoms with E-state index in [2.05, 4.69) is 4.98 Å². The Hall–Kier alpha value is -3.97. The number of carbonyl (C=O) groups excluding carboxylic acids is 2. The summed E-state index contributed by atoms with van der Waals surface area (Å²) in [5.74, 6) is -0.956. The molecule has 34 heavy (non-hydrogen) atoms. The minimum Gasteiger partial charge on any atom is -0.507 e. The number of hydrogen-bond donors (Lipinski definition) is 1. The van der Waals surface area contributed by atoms with Crippen molar-refractivity contribution in [3.8, 4) is 5.75 Å². The van der Waals surface area contributed by atoms with Crippen LogP contribution in [0.25, 0.3) is 5.76 Å². The zero-order valence-corrected chi connectivity index (χ0v) is 18.9. The number of methoxy groups -OCH3 is 1. The Morgan fingerprint density at radius 3 is 2.47 bits per heavy atom. The monoisotopic (exact) mass is 458 g/mol. The van der Waals surface area contributed by atoms with E-state index in [0.29, 0.717) is 43.1 Å². The van der Waals surface area contributed by atoms with Crippen LogP contribution in [0.2, 0.25) is 0 Å². The maximum Gasteiger partial charge on any atom is 0.295 e. The molecule has 0 spiro atoms. The van der Waals surface area contributed by atoms with Gasteiger partial charge >= 0.3 is 0 Å². The number of pyridine rings is 1. The number of aromatic nitrogens is 1. The van der Waals surface area contributed by atoms with E-state index in [-0.39, 0.29) is 11.3 Å². The minimum atomic E-state index is -0.723. The molecule has 3 aromatic rings. The van der Waals surface area contributed by atoms with E-state index in [1.165, 1.54) is 4.90 Å². The highest BCUT2D eigenvalue weighted by Gasteiger charge is 2.45. The van der Waals surface area contributed by atoms with Gasteiger partial charge < -0.3 is 19.5 Å². The number of rotatable bonds is 9. The number of aliphatic hydroxyl groups is 1. The lowest BCUT2D eigenvalue weighted by Crippen LogP contribution is -2.31. The number of likely N-dealkylation sites (tertiary alicyclic amines) is 1. The Labute approximate surface area is 198 Å². The molecule has 1 atom stereocenters. The number of aliphatic hydroxyl groups excluding tert-OH is 1. The Bertz CT molecular complexity index is 1160. The maximum absolute atomic E-state index is 13.0. The summed E-state index contributed by atoms with van der Waals surface area (Å²) < 4.78 is 10.9. The Morgan fingerprint density at radius 2 is 1.79 bits per heavy atom. The van der Waals surface area contributed by atoms with Gasteiger partial charge in [0.15, 0.2) is 0 Å². The van der Waals surface area contributed by atoms with Crippen molar-refractivity contribution in [1.82, 2.24) is 9.88 Å². The fraction of sp³-hybridized carbons (Fsp3) is 0.222. The number of hydrogen-bond acceptors (Lipinski definition) is 6. The van der Waals surface area contributed by atoms with Gasteiger partial charge in [0.25, 0.3) is 11.7 Å². The van der Waals surface area contributed by atoms with Gasteiger partial charge in [0.05, 0.1) is 11.6 Å². The van der Waals surface area contributed by atoms with Crippen LogP contribution in [0, 0.1) is 0 Å². The molecular weight excluding hydrogens is 432 g/mol. The first-order valence-electron chi connectivity index (χ1n) is 11.0. The van der Waals surface area contributed by atoms with E-state index < -0.39 is 17.7 Å². The molecule has 2 heterocycles. The van der Waals surface area contributed by atoms with Crippen molar-refractivity contribution < 1.29 is 24.2 Å². The lowest BCUT2D eigenvalue weighted by Gasteiger charge is -2.25. The molecule has 0 saturated carbocycles. The SMILES string of the molecule is COCCCN1C(=O)C(=O)C(=C(O)c2ccc(OCc3ccccc3)cc2)C1c1cccnc1. The zero-order valence-electron chi connectivity index (χ0n) is 18.9. The third-order valence-corrected chi connectivity index (χ3v) is 5.66. The third-order valence-electron chi connectivity index (χ3n) is 5.66. The highest BCUT2D eigenvalue weighted by molar-refractivity contribution is 6.46. The summed E-state index contributed by atoms with van der Waals surface area (Å²) in [6.45, 7) is 1.19. The quantitative estimate of drug-likeness (QED) is 0.225. The zero-order chi connectivity index (χ0) is 23.9. The van der Waals surface area contributed by atoms with Crippen LogP contribution >= 0.6 is 0 Å². The van der Waals surface area contributed by atoms with E-state index in [9.17, 15) is 14.7 Å². The lowest BCUT2D eigenvalue weighted by atomic mass is 9.96. The van der Waals surface area contributed by atoms with E-state index >= 15 is 0 Å². The van der Waals surface area contributed by atoms with Gasteiger partial charge in [0.2, 0.25) is 0 Å². The highest BCUT2D eigenvalue weighted by Crippen LogP contribution is 2.39.